The van der Waals surface area contributed by atoms with E-state index in [9.17, 15) is 14.7 Å². The number of aliphatic hydroxyl groups is 1. The van der Waals surface area contributed by atoms with Crippen LogP contribution in [-0.2, 0) is 9.59 Å². The van der Waals surface area contributed by atoms with Crippen LogP contribution in [0.2, 0.25) is 0 Å². The number of rotatable bonds is 14. The standard InChI is InChI=1S/C30H40N2O4/c1-4-7-19-31(20-8-5-2)21-12-22-32-27(23-15-17-25(18-16-23)36-6-3)26(29(34)30(32)35)28(33)24-13-10-9-11-14-24/h9-11,13-18,27,33H,4-8,12,19-22H2,1-3H3/t27-/m0/s1. The number of unbranched alkanes of at least 4 members (excludes halogenated alkanes) is 2. The molecule has 1 atom stereocenters. The number of aliphatic hydroxyl groups excluding tert-OH is 1. The number of nitrogens with zero attached hydrogens (tertiary/aromatic N) is 2. The number of hydrogen-bond donors (Lipinski definition) is 1. The highest BCUT2D eigenvalue weighted by atomic mass is 16.5. The molecule has 0 saturated carbocycles. The summed E-state index contributed by atoms with van der Waals surface area (Å²) in [4.78, 5) is 30.5. The van der Waals surface area contributed by atoms with Crippen LogP contribution in [0.1, 0.15) is 70.0 Å². The zero-order valence-electron chi connectivity index (χ0n) is 21.9. The summed E-state index contributed by atoms with van der Waals surface area (Å²) in [7, 11) is 0. The first-order valence-corrected chi connectivity index (χ1v) is 13.3. The van der Waals surface area contributed by atoms with Crippen LogP contribution in [0, 0.1) is 0 Å². The minimum atomic E-state index is -0.638. The third-order valence-corrected chi connectivity index (χ3v) is 6.62. The maximum absolute atomic E-state index is 13.2. The Kier molecular flexibility index (Phi) is 10.6. The molecule has 1 saturated heterocycles. The van der Waals surface area contributed by atoms with Gasteiger partial charge in [-0.3, -0.25) is 9.59 Å². The summed E-state index contributed by atoms with van der Waals surface area (Å²) in [6.45, 7) is 10.3. The van der Waals surface area contributed by atoms with Crippen molar-refractivity contribution in [1.29, 1.82) is 0 Å². The van der Waals surface area contributed by atoms with Gasteiger partial charge in [0.05, 0.1) is 18.2 Å². The molecule has 6 heteroatoms. The molecule has 6 nitrogen and oxygen atoms in total. The molecule has 0 unspecified atom stereocenters. The van der Waals surface area contributed by atoms with Gasteiger partial charge in [0.1, 0.15) is 11.5 Å². The summed E-state index contributed by atoms with van der Waals surface area (Å²) in [5.74, 6) is -0.601. The van der Waals surface area contributed by atoms with Gasteiger partial charge in [0.15, 0.2) is 0 Å². The summed E-state index contributed by atoms with van der Waals surface area (Å²) >= 11 is 0. The first-order chi connectivity index (χ1) is 17.5. The molecular weight excluding hydrogens is 452 g/mol. The first-order valence-electron chi connectivity index (χ1n) is 13.3. The number of Topliss-reactive ketones (excluding diaryl/α,β-unsaturated/α-hetero) is 1. The van der Waals surface area contributed by atoms with Gasteiger partial charge in [-0.1, -0.05) is 69.2 Å². The Labute approximate surface area is 215 Å². The van der Waals surface area contributed by atoms with Crippen LogP contribution in [0.4, 0.5) is 0 Å². The first kappa shape index (κ1) is 27.5. The smallest absolute Gasteiger partial charge is 0.295 e. The highest BCUT2D eigenvalue weighted by Gasteiger charge is 2.45. The maximum atomic E-state index is 13.2. The van der Waals surface area contributed by atoms with Gasteiger partial charge >= 0.3 is 0 Å². The van der Waals surface area contributed by atoms with Gasteiger partial charge in [-0.2, -0.15) is 0 Å². The quantitative estimate of drug-likeness (QED) is 0.205. The number of carbonyl (C=O) groups is 2. The van der Waals surface area contributed by atoms with Crippen LogP contribution in [0.5, 0.6) is 5.75 Å². The second kappa shape index (κ2) is 13.8. The zero-order valence-corrected chi connectivity index (χ0v) is 21.9. The number of ether oxygens (including phenoxy) is 1. The molecule has 1 fully saturated rings. The van der Waals surface area contributed by atoms with Crippen molar-refractivity contribution in [3.63, 3.8) is 0 Å². The monoisotopic (exact) mass is 492 g/mol. The molecule has 1 aliphatic rings. The van der Waals surface area contributed by atoms with E-state index in [1.54, 1.807) is 29.2 Å². The highest BCUT2D eigenvalue weighted by Crippen LogP contribution is 2.39. The fourth-order valence-electron chi connectivity index (χ4n) is 4.69. The minimum Gasteiger partial charge on any atom is -0.507 e. The zero-order chi connectivity index (χ0) is 25.9. The Morgan fingerprint density at radius 3 is 2.08 bits per heavy atom. The lowest BCUT2D eigenvalue weighted by atomic mass is 9.95. The lowest BCUT2D eigenvalue weighted by Crippen LogP contribution is -2.34. The highest BCUT2D eigenvalue weighted by molar-refractivity contribution is 6.46. The van der Waals surface area contributed by atoms with Crippen LogP contribution >= 0.6 is 0 Å². The predicted octanol–water partition coefficient (Wildman–Crippen LogP) is 5.80. The van der Waals surface area contributed by atoms with Crippen molar-refractivity contribution >= 4 is 17.4 Å². The fourth-order valence-corrected chi connectivity index (χ4v) is 4.69. The van der Waals surface area contributed by atoms with Gasteiger partial charge in [-0.25, -0.2) is 0 Å². The van der Waals surface area contributed by atoms with Crippen LogP contribution < -0.4 is 4.74 Å². The molecule has 2 aromatic carbocycles. The van der Waals surface area contributed by atoms with E-state index in [-0.39, 0.29) is 11.3 Å². The molecule has 2 aromatic rings. The van der Waals surface area contributed by atoms with Crippen LogP contribution in [0.15, 0.2) is 60.2 Å². The summed E-state index contributed by atoms with van der Waals surface area (Å²) in [5, 5.41) is 11.2. The van der Waals surface area contributed by atoms with Crippen LogP contribution in [0.3, 0.4) is 0 Å². The van der Waals surface area contributed by atoms with Crippen molar-refractivity contribution in [1.82, 2.24) is 9.80 Å². The van der Waals surface area contributed by atoms with Gasteiger partial charge in [0.25, 0.3) is 11.7 Å². The number of benzene rings is 2. The summed E-state index contributed by atoms with van der Waals surface area (Å²) in [6, 6.07) is 15.8. The molecular formula is C30H40N2O4. The SMILES string of the molecule is CCCCN(CCCC)CCCN1C(=O)C(=O)C(=C(O)c2ccccc2)[C@@H]1c1ccc(OCC)cc1. The predicted molar refractivity (Wildman–Crippen MR) is 144 cm³/mol. The summed E-state index contributed by atoms with van der Waals surface area (Å²) in [6.07, 6.45) is 5.36. The number of amides is 1. The summed E-state index contributed by atoms with van der Waals surface area (Å²) < 4.78 is 5.58. The lowest BCUT2D eigenvalue weighted by molar-refractivity contribution is -0.140. The molecule has 0 aromatic heterocycles. The van der Waals surface area contributed by atoms with E-state index in [2.05, 4.69) is 18.7 Å². The average molecular weight is 493 g/mol. The Morgan fingerprint density at radius 2 is 1.50 bits per heavy atom. The molecule has 0 aliphatic carbocycles. The molecule has 194 valence electrons. The molecule has 0 radical (unpaired) electrons. The van der Waals surface area contributed by atoms with Crippen molar-refractivity contribution in [2.24, 2.45) is 0 Å². The van der Waals surface area contributed by atoms with Gasteiger partial charge in [0, 0.05) is 12.1 Å². The molecule has 0 bridgehead atoms. The Balaban J connectivity index is 1.90. The Morgan fingerprint density at radius 1 is 0.889 bits per heavy atom. The largest absolute Gasteiger partial charge is 0.507 e. The molecule has 1 amide bonds. The van der Waals surface area contributed by atoms with Crippen molar-refractivity contribution in [2.45, 2.75) is 58.9 Å². The van der Waals surface area contributed by atoms with E-state index in [4.69, 9.17) is 4.74 Å². The Bertz CT molecular complexity index is 1010. The van der Waals surface area contributed by atoms with Crippen molar-refractivity contribution in [3.05, 3.63) is 71.3 Å². The van der Waals surface area contributed by atoms with E-state index in [1.807, 2.05) is 37.3 Å². The number of carbonyl (C=O) groups excluding carboxylic acids is 2. The van der Waals surface area contributed by atoms with E-state index in [0.717, 1.165) is 63.1 Å². The summed E-state index contributed by atoms with van der Waals surface area (Å²) in [5.41, 5.74) is 1.45. The van der Waals surface area contributed by atoms with E-state index in [0.29, 0.717) is 18.7 Å². The minimum absolute atomic E-state index is 0.136. The molecule has 1 heterocycles. The Hall–Kier alpha value is -3.12. The van der Waals surface area contributed by atoms with Crippen LogP contribution in [-0.4, -0.2) is 59.4 Å². The van der Waals surface area contributed by atoms with Gasteiger partial charge in [0.2, 0.25) is 0 Å². The van der Waals surface area contributed by atoms with E-state index in [1.165, 1.54) is 0 Å². The molecule has 1 N–H and O–H groups in total. The van der Waals surface area contributed by atoms with Gasteiger partial charge < -0.3 is 19.6 Å². The molecule has 1 aliphatic heterocycles. The second-order valence-corrected chi connectivity index (χ2v) is 9.26. The average Bonchev–Trinajstić information content (AvgIpc) is 3.15. The second-order valence-electron chi connectivity index (χ2n) is 9.26. The van der Waals surface area contributed by atoms with Crippen molar-refractivity contribution in [2.75, 3.05) is 32.8 Å². The van der Waals surface area contributed by atoms with E-state index >= 15 is 0 Å². The fraction of sp³-hybridized carbons (Fsp3) is 0.467. The third-order valence-electron chi connectivity index (χ3n) is 6.62. The lowest BCUT2D eigenvalue weighted by Gasteiger charge is -2.27. The number of ketones is 1. The van der Waals surface area contributed by atoms with Crippen molar-refractivity contribution in [3.8, 4) is 5.75 Å². The van der Waals surface area contributed by atoms with Gasteiger partial charge in [-0.05, 0) is 63.5 Å². The topological polar surface area (TPSA) is 70.1 Å². The maximum Gasteiger partial charge on any atom is 0.295 e. The van der Waals surface area contributed by atoms with Crippen LogP contribution in [0.25, 0.3) is 5.76 Å². The normalized spacial score (nSPS) is 17.2. The third kappa shape index (κ3) is 6.76. The van der Waals surface area contributed by atoms with Gasteiger partial charge in [-0.15, -0.1) is 0 Å². The van der Waals surface area contributed by atoms with E-state index < -0.39 is 17.7 Å². The molecule has 36 heavy (non-hydrogen) atoms. The molecule has 0 spiro atoms. The molecule has 3 rings (SSSR count). The van der Waals surface area contributed by atoms with Crippen molar-refractivity contribution < 1.29 is 19.4 Å². The number of hydrogen-bond acceptors (Lipinski definition) is 5. The number of likely N-dealkylation sites (tertiary alicyclic amines) is 1.